The van der Waals surface area contributed by atoms with Crippen molar-refractivity contribution in [2.45, 2.75) is 38.3 Å². The second-order valence-electron chi connectivity index (χ2n) is 4.53. The third-order valence-corrected chi connectivity index (χ3v) is 3.16. The van der Waals surface area contributed by atoms with Gasteiger partial charge in [0.25, 0.3) is 0 Å². The van der Waals surface area contributed by atoms with Gasteiger partial charge in [0.05, 0.1) is 18.0 Å². The summed E-state index contributed by atoms with van der Waals surface area (Å²) in [5, 5.41) is 3.52. The lowest BCUT2D eigenvalue weighted by atomic mass is 9.89. The highest BCUT2D eigenvalue weighted by molar-refractivity contribution is 5.34. The van der Waals surface area contributed by atoms with Crippen LogP contribution in [0.1, 0.15) is 25.5 Å². The van der Waals surface area contributed by atoms with E-state index in [1.54, 1.807) is 6.20 Å². The van der Waals surface area contributed by atoms with Crippen LogP contribution in [-0.4, -0.2) is 30.3 Å². The summed E-state index contributed by atoms with van der Waals surface area (Å²) in [6.07, 6.45) is 5.43. The summed E-state index contributed by atoms with van der Waals surface area (Å²) < 4.78 is 5.52. The van der Waals surface area contributed by atoms with Gasteiger partial charge in [-0.25, -0.2) is 0 Å². The fourth-order valence-corrected chi connectivity index (χ4v) is 2.09. The lowest BCUT2D eigenvalue weighted by molar-refractivity contribution is -0.00961. The van der Waals surface area contributed by atoms with Gasteiger partial charge >= 0.3 is 0 Å². The van der Waals surface area contributed by atoms with E-state index in [4.69, 9.17) is 10.5 Å². The molecule has 0 aliphatic heterocycles. The number of ether oxygens (including phenoxy) is 1. The summed E-state index contributed by atoms with van der Waals surface area (Å²) in [6, 6.07) is 4.51. The maximum Gasteiger partial charge on any atom is 0.0604 e. The molecule has 0 atom stereocenters. The molecule has 1 aliphatic carbocycles. The molecular formula is C13H21N3O. The molecule has 1 aromatic heterocycles. The van der Waals surface area contributed by atoms with Gasteiger partial charge in [-0.2, -0.15) is 0 Å². The molecule has 1 aliphatic rings. The molecule has 0 bridgehead atoms. The summed E-state index contributed by atoms with van der Waals surface area (Å²) in [5.41, 5.74) is 7.40. The molecule has 0 spiro atoms. The van der Waals surface area contributed by atoms with Crippen molar-refractivity contribution < 1.29 is 4.74 Å². The predicted octanol–water partition coefficient (Wildman–Crippen LogP) is 1.36. The standard InChI is InChI=1S/C13H21N3O/c1-2-17-13-7-12(8-13)15-6-5-11-4-3-10(14)9-16-11/h3-4,9,12-13,15H,2,5-8,14H2,1H3. The van der Waals surface area contributed by atoms with E-state index in [2.05, 4.69) is 10.3 Å². The minimum absolute atomic E-state index is 0.479. The van der Waals surface area contributed by atoms with Gasteiger partial charge in [-0.15, -0.1) is 0 Å². The van der Waals surface area contributed by atoms with E-state index < -0.39 is 0 Å². The highest BCUT2D eigenvalue weighted by atomic mass is 16.5. The number of anilines is 1. The number of nitrogens with zero attached hydrogens (tertiary/aromatic N) is 1. The molecule has 2 rings (SSSR count). The smallest absolute Gasteiger partial charge is 0.0604 e. The summed E-state index contributed by atoms with van der Waals surface area (Å²) in [4.78, 5) is 4.27. The maximum atomic E-state index is 5.59. The third kappa shape index (κ3) is 3.68. The van der Waals surface area contributed by atoms with E-state index in [1.807, 2.05) is 19.1 Å². The highest BCUT2D eigenvalue weighted by Crippen LogP contribution is 2.22. The van der Waals surface area contributed by atoms with Gasteiger partial charge in [0.1, 0.15) is 0 Å². The zero-order valence-corrected chi connectivity index (χ0v) is 10.4. The lowest BCUT2D eigenvalue weighted by Gasteiger charge is -2.35. The zero-order valence-electron chi connectivity index (χ0n) is 10.4. The summed E-state index contributed by atoms with van der Waals surface area (Å²) in [5.74, 6) is 0. The molecule has 1 saturated carbocycles. The van der Waals surface area contributed by atoms with Gasteiger partial charge in [0, 0.05) is 31.3 Å². The second kappa shape index (κ2) is 5.98. The zero-order chi connectivity index (χ0) is 12.1. The molecule has 1 fully saturated rings. The molecule has 4 nitrogen and oxygen atoms in total. The Hall–Kier alpha value is -1.13. The predicted molar refractivity (Wildman–Crippen MR) is 68.8 cm³/mol. The molecule has 17 heavy (non-hydrogen) atoms. The fourth-order valence-electron chi connectivity index (χ4n) is 2.09. The molecule has 1 heterocycles. The first-order valence-electron chi connectivity index (χ1n) is 6.33. The van der Waals surface area contributed by atoms with Crippen molar-refractivity contribution >= 4 is 5.69 Å². The quantitative estimate of drug-likeness (QED) is 0.781. The van der Waals surface area contributed by atoms with E-state index in [-0.39, 0.29) is 0 Å². The molecule has 1 aromatic rings. The molecule has 94 valence electrons. The van der Waals surface area contributed by atoms with Crippen molar-refractivity contribution in [1.29, 1.82) is 0 Å². The first-order chi connectivity index (χ1) is 8.28. The van der Waals surface area contributed by atoms with E-state index in [0.29, 0.717) is 12.1 Å². The van der Waals surface area contributed by atoms with Gasteiger partial charge < -0.3 is 15.8 Å². The number of nitrogens with two attached hydrogens (primary N) is 1. The molecule has 0 aromatic carbocycles. The van der Waals surface area contributed by atoms with Crippen LogP contribution in [0.5, 0.6) is 0 Å². The van der Waals surface area contributed by atoms with Gasteiger partial charge in [0.2, 0.25) is 0 Å². The molecule has 0 radical (unpaired) electrons. The minimum Gasteiger partial charge on any atom is -0.397 e. The summed E-state index contributed by atoms with van der Waals surface area (Å²) >= 11 is 0. The molecule has 4 heteroatoms. The fraction of sp³-hybridized carbons (Fsp3) is 0.615. The van der Waals surface area contributed by atoms with Crippen LogP contribution in [0.25, 0.3) is 0 Å². The van der Waals surface area contributed by atoms with E-state index in [9.17, 15) is 0 Å². The van der Waals surface area contributed by atoms with Crippen LogP contribution >= 0.6 is 0 Å². The number of rotatable bonds is 6. The first-order valence-corrected chi connectivity index (χ1v) is 6.33. The van der Waals surface area contributed by atoms with Crippen molar-refractivity contribution in [3.05, 3.63) is 24.0 Å². The molecule has 0 unspecified atom stereocenters. The van der Waals surface area contributed by atoms with E-state index in [1.165, 1.54) is 0 Å². The SMILES string of the molecule is CCOC1CC(NCCc2ccc(N)cn2)C1. The van der Waals surface area contributed by atoms with Gasteiger partial charge in [-0.05, 0) is 31.9 Å². The highest BCUT2D eigenvalue weighted by Gasteiger charge is 2.28. The van der Waals surface area contributed by atoms with E-state index >= 15 is 0 Å². The van der Waals surface area contributed by atoms with Crippen LogP contribution in [0.3, 0.4) is 0 Å². The Balaban J connectivity index is 1.59. The maximum absolute atomic E-state index is 5.59. The lowest BCUT2D eigenvalue weighted by Crippen LogP contribution is -2.46. The minimum atomic E-state index is 0.479. The average molecular weight is 235 g/mol. The normalized spacial score (nSPS) is 23.4. The van der Waals surface area contributed by atoms with Crippen LogP contribution in [0.2, 0.25) is 0 Å². The number of pyridine rings is 1. The molecule has 3 N–H and O–H groups in total. The van der Waals surface area contributed by atoms with Crippen molar-refractivity contribution in [1.82, 2.24) is 10.3 Å². The van der Waals surface area contributed by atoms with Crippen molar-refractivity contribution in [3.8, 4) is 0 Å². The van der Waals surface area contributed by atoms with Crippen LogP contribution in [0.4, 0.5) is 5.69 Å². The Bertz CT molecular complexity index is 333. The topological polar surface area (TPSA) is 60.2 Å². The van der Waals surface area contributed by atoms with Crippen molar-refractivity contribution in [2.24, 2.45) is 0 Å². The van der Waals surface area contributed by atoms with Gasteiger partial charge in [0.15, 0.2) is 0 Å². The third-order valence-electron chi connectivity index (χ3n) is 3.16. The Morgan fingerprint density at radius 1 is 1.47 bits per heavy atom. The number of hydrogen-bond donors (Lipinski definition) is 2. The van der Waals surface area contributed by atoms with Crippen LogP contribution < -0.4 is 11.1 Å². The second-order valence-corrected chi connectivity index (χ2v) is 4.53. The Morgan fingerprint density at radius 3 is 2.94 bits per heavy atom. The van der Waals surface area contributed by atoms with Crippen molar-refractivity contribution in [2.75, 3.05) is 18.9 Å². The van der Waals surface area contributed by atoms with Crippen LogP contribution in [0, 0.1) is 0 Å². The largest absolute Gasteiger partial charge is 0.397 e. The number of nitrogen functional groups attached to an aromatic ring is 1. The van der Waals surface area contributed by atoms with E-state index in [0.717, 1.165) is 43.8 Å². The Kier molecular flexibility index (Phi) is 4.34. The Labute approximate surface area is 103 Å². The number of hydrogen-bond acceptors (Lipinski definition) is 4. The van der Waals surface area contributed by atoms with Gasteiger partial charge in [-0.1, -0.05) is 0 Å². The van der Waals surface area contributed by atoms with Crippen LogP contribution in [-0.2, 0) is 11.2 Å². The average Bonchev–Trinajstić information content (AvgIpc) is 2.28. The van der Waals surface area contributed by atoms with Gasteiger partial charge in [-0.3, -0.25) is 4.98 Å². The number of aromatic nitrogens is 1. The van der Waals surface area contributed by atoms with Crippen LogP contribution in [0.15, 0.2) is 18.3 Å². The Morgan fingerprint density at radius 2 is 2.29 bits per heavy atom. The summed E-state index contributed by atoms with van der Waals surface area (Å²) in [7, 11) is 0. The number of nitrogens with one attached hydrogen (secondary N) is 1. The first kappa shape index (κ1) is 12.3. The summed E-state index contributed by atoms with van der Waals surface area (Å²) in [6.45, 7) is 3.85. The molecular weight excluding hydrogens is 214 g/mol. The van der Waals surface area contributed by atoms with Crippen molar-refractivity contribution in [3.63, 3.8) is 0 Å². The molecule has 0 amide bonds. The molecule has 0 saturated heterocycles. The monoisotopic (exact) mass is 235 g/mol.